The average molecular weight is 392 g/mol. The molecule has 0 N–H and O–H groups in total. The maximum atomic E-state index is 6.16. The van der Waals surface area contributed by atoms with E-state index in [0.717, 1.165) is 40.7 Å². The van der Waals surface area contributed by atoms with Crippen LogP contribution >= 0.6 is 12.2 Å². The van der Waals surface area contributed by atoms with E-state index in [0.29, 0.717) is 13.2 Å². The van der Waals surface area contributed by atoms with Gasteiger partial charge in [-0.25, -0.2) is 0 Å². The molecule has 0 radical (unpaired) electrons. The summed E-state index contributed by atoms with van der Waals surface area (Å²) in [5.41, 5.74) is 2.19. The summed E-state index contributed by atoms with van der Waals surface area (Å²) in [5, 5.41) is 2.44. The Kier molecular flexibility index (Phi) is 5.77. The third kappa shape index (κ3) is 3.97. The first kappa shape index (κ1) is 18.8. The van der Waals surface area contributed by atoms with Crippen molar-refractivity contribution in [2.75, 3.05) is 19.7 Å². The average Bonchev–Trinajstić information content (AvgIpc) is 3.27. The van der Waals surface area contributed by atoms with Gasteiger partial charge >= 0.3 is 0 Å². The number of ether oxygens (including phenoxy) is 2. The molecule has 0 bridgehead atoms. The van der Waals surface area contributed by atoms with E-state index in [9.17, 15) is 0 Å². The van der Waals surface area contributed by atoms with E-state index in [-0.39, 0.29) is 0 Å². The molecule has 1 aliphatic rings. The molecule has 0 aliphatic carbocycles. The second-order valence-corrected chi connectivity index (χ2v) is 7.41. The van der Waals surface area contributed by atoms with Crippen molar-refractivity contribution in [3.8, 4) is 11.5 Å². The molecule has 1 heterocycles. The molecule has 0 unspecified atom stereocenters. The molecule has 144 valence electrons. The van der Waals surface area contributed by atoms with Gasteiger partial charge in [0.2, 0.25) is 0 Å². The monoisotopic (exact) mass is 391 g/mol. The fourth-order valence-corrected chi connectivity index (χ4v) is 4.01. The predicted octanol–water partition coefficient (Wildman–Crippen LogP) is 5.59. The second kappa shape index (κ2) is 8.61. The molecular formula is C24H25NO2S. The van der Waals surface area contributed by atoms with Crippen LogP contribution < -0.4 is 9.47 Å². The first-order valence-corrected chi connectivity index (χ1v) is 10.3. The molecular weight excluding hydrogens is 366 g/mol. The standard InChI is InChI=1S/C24H25NO2S/c1-2-26-23-16-19(24(28)25-14-5-6-15-25)12-13-22(23)27-17-20-10-7-9-18-8-3-4-11-21(18)20/h3-4,7-13,16H,2,5-6,14-15,17H2,1H3. The highest BCUT2D eigenvalue weighted by Crippen LogP contribution is 2.31. The number of nitrogens with zero attached hydrogens (tertiary/aromatic N) is 1. The van der Waals surface area contributed by atoms with Crippen molar-refractivity contribution in [3.05, 3.63) is 71.8 Å². The van der Waals surface area contributed by atoms with E-state index in [2.05, 4.69) is 47.4 Å². The fraction of sp³-hybridized carbons (Fsp3) is 0.292. The number of fused-ring (bicyclic) bond motifs is 1. The molecule has 1 saturated heterocycles. The third-order valence-electron chi connectivity index (χ3n) is 5.15. The summed E-state index contributed by atoms with van der Waals surface area (Å²) >= 11 is 5.69. The lowest BCUT2D eigenvalue weighted by Crippen LogP contribution is -2.26. The minimum Gasteiger partial charge on any atom is -0.490 e. The van der Waals surface area contributed by atoms with Crippen LogP contribution in [0.4, 0.5) is 0 Å². The van der Waals surface area contributed by atoms with E-state index < -0.39 is 0 Å². The van der Waals surface area contributed by atoms with Gasteiger partial charge in [-0.2, -0.15) is 0 Å². The largest absolute Gasteiger partial charge is 0.490 e. The number of likely N-dealkylation sites (tertiary alicyclic amines) is 1. The molecule has 0 amide bonds. The van der Waals surface area contributed by atoms with Crippen LogP contribution in [0.5, 0.6) is 11.5 Å². The fourth-order valence-electron chi connectivity index (χ4n) is 3.71. The summed E-state index contributed by atoms with van der Waals surface area (Å²) in [6, 6.07) is 20.7. The highest BCUT2D eigenvalue weighted by Gasteiger charge is 2.18. The van der Waals surface area contributed by atoms with Gasteiger partial charge in [0.05, 0.1) is 6.61 Å². The summed E-state index contributed by atoms with van der Waals surface area (Å²) in [6.45, 7) is 5.16. The van der Waals surface area contributed by atoms with Gasteiger partial charge in [-0.1, -0.05) is 54.7 Å². The van der Waals surface area contributed by atoms with Gasteiger partial charge < -0.3 is 14.4 Å². The van der Waals surface area contributed by atoms with Gasteiger partial charge in [-0.05, 0) is 54.3 Å². The quantitative estimate of drug-likeness (QED) is 0.511. The van der Waals surface area contributed by atoms with Crippen LogP contribution in [0.1, 0.15) is 30.9 Å². The Morgan fingerprint density at radius 2 is 1.71 bits per heavy atom. The van der Waals surface area contributed by atoms with E-state index >= 15 is 0 Å². The minimum absolute atomic E-state index is 0.497. The normalized spacial score (nSPS) is 13.7. The Hall–Kier alpha value is -2.59. The number of benzene rings is 3. The minimum atomic E-state index is 0.497. The third-order valence-corrected chi connectivity index (χ3v) is 5.64. The van der Waals surface area contributed by atoms with Crippen molar-refractivity contribution in [2.45, 2.75) is 26.4 Å². The lowest BCUT2D eigenvalue weighted by molar-refractivity contribution is 0.270. The molecule has 4 heteroatoms. The molecule has 0 atom stereocenters. The van der Waals surface area contributed by atoms with Crippen LogP contribution in [-0.2, 0) is 6.61 Å². The summed E-state index contributed by atoms with van der Waals surface area (Å²) in [6.07, 6.45) is 2.43. The number of hydrogen-bond acceptors (Lipinski definition) is 3. The van der Waals surface area contributed by atoms with Crippen molar-refractivity contribution in [3.63, 3.8) is 0 Å². The van der Waals surface area contributed by atoms with E-state index in [1.807, 2.05) is 25.1 Å². The maximum absolute atomic E-state index is 6.16. The molecule has 0 saturated carbocycles. The van der Waals surface area contributed by atoms with Crippen LogP contribution in [-0.4, -0.2) is 29.6 Å². The number of hydrogen-bond donors (Lipinski definition) is 0. The summed E-state index contributed by atoms with van der Waals surface area (Å²) in [4.78, 5) is 3.18. The zero-order valence-corrected chi connectivity index (χ0v) is 17.0. The number of thiocarbonyl (C=S) groups is 1. The van der Waals surface area contributed by atoms with E-state index in [4.69, 9.17) is 21.7 Å². The molecule has 28 heavy (non-hydrogen) atoms. The molecule has 1 fully saturated rings. The van der Waals surface area contributed by atoms with Crippen LogP contribution in [0.2, 0.25) is 0 Å². The zero-order valence-electron chi connectivity index (χ0n) is 16.2. The van der Waals surface area contributed by atoms with Crippen LogP contribution in [0.3, 0.4) is 0 Å². The van der Waals surface area contributed by atoms with Gasteiger partial charge in [-0.15, -0.1) is 0 Å². The van der Waals surface area contributed by atoms with Crippen molar-refractivity contribution in [1.82, 2.24) is 4.90 Å². The lowest BCUT2D eigenvalue weighted by atomic mass is 10.1. The first-order chi connectivity index (χ1) is 13.8. The van der Waals surface area contributed by atoms with Crippen molar-refractivity contribution < 1.29 is 9.47 Å². The molecule has 3 nitrogen and oxygen atoms in total. The Morgan fingerprint density at radius 3 is 2.54 bits per heavy atom. The van der Waals surface area contributed by atoms with Gasteiger partial charge in [0, 0.05) is 18.7 Å². The SMILES string of the molecule is CCOc1cc(C(=S)N2CCCC2)ccc1OCc1cccc2ccccc12. The van der Waals surface area contributed by atoms with Crippen LogP contribution in [0.15, 0.2) is 60.7 Å². The van der Waals surface area contributed by atoms with Gasteiger partial charge in [0.25, 0.3) is 0 Å². The molecule has 3 aromatic rings. The van der Waals surface area contributed by atoms with Gasteiger partial charge in [0.1, 0.15) is 11.6 Å². The predicted molar refractivity (Wildman–Crippen MR) is 118 cm³/mol. The molecule has 1 aliphatic heterocycles. The molecule has 0 spiro atoms. The molecule has 3 aromatic carbocycles. The van der Waals surface area contributed by atoms with E-state index in [1.54, 1.807) is 0 Å². The highest BCUT2D eigenvalue weighted by atomic mass is 32.1. The Labute approximate surface area is 171 Å². The first-order valence-electron chi connectivity index (χ1n) is 9.92. The van der Waals surface area contributed by atoms with Gasteiger partial charge in [0.15, 0.2) is 11.5 Å². The Morgan fingerprint density at radius 1 is 0.929 bits per heavy atom. The maximum Gasteiger partial charge on any atom is 0.161 e. The van der Waals surface area contributed by atoms with Crippen molar-refractivity contribution in [2.24, 2.45) is 0 Å². The van der Waals surface area contributed by atoms with Crippen molar-refractivity contribution >= 4 is 28.0 Å². The lowest BCUT2D eigenvalue weighted by Gasteiger charge is -2.20. The Bertz CT molecular complexity index is 974. The Balaban J connectivity index is 1.55. The molecule has 0 aromatic heterocycles. The number of rotatable bonds is 6. The molecule has 4 rings (SSSR count). The topological polar surface area (TPSA) is 21.7 Å². The highest BCUT2D eigenvalue weighted by molar-refractivity contribution is 7.80. The summed E-state index contributed by atoms with van der Waals surface area (Å²) in [7, 11) is 0. The van der Waals surface area contributed by atoms with E-state index in [1.165, 1.54) is 23.6 Å². The summed E-state index contributed by atoms with van der Waals surface area (Å²) < 4.78 is 12.0. The summed E-state index contributed by atoms with van der Waals surface area (Å²) in [5.74, 6) is 1.50. The second-order valence-electron chi connectivity index (χ2n) is 7.02. The van der Waals surface area contributed by atoms with Gasteiger partial charge in [-0.3, -0.25) is 0 Å². The van der Waals surface area contributed by atoms with Crippen molar-refractivity contribution in [1.29, 1.82) is 0 Å². The van der Waals surface area contributed by atoms with Crippen LogP contribution in [0.25, 0.3) is 10.8 Å². The zero-order chi connectivity index (χ0) is 19.3. The van der Waals surface area contributed by atoms with Crippen LogP contribution in [0, 0.1) is 0 Å². The smallest absolute Gasteiger partial charge is 0.161 e.